The molecule has 1 aliphatic rings. The zero-order valence-electron chi connectivity index (χ0n) is 18.9. The minimum Gasteiger partial charge on any atom is -0.468 e. The molecule has 0 saturated carbocycles. The normalized spacial score (nSPS) is 24.7. The first kappa shape index (κ1) is 25.5. The van der Waals surface area contributed by atoms with E-state index in [9.17, 15) is 15.0 Å². The Morgan fingerprint density at radius 3 is 2.74 bits per heavy atom. The van der Waals surface area contributed by atoms with Crippen LogP contribution in [0.1, 0.15) is 18.7 Å². The number of aromatic nitrogens is 3. The predicted octanol–water partition coefficient (Wildman–Crippen LogP) is 0.944. The molecular weight excluding hydrogens is 497 g/mol. The van der Waals surface area contributed by atoms with Crippen LogP contribution in [0.2, 0.25) is 0 Å². The third-order valence-corrected chi connectivity index (χ3v) is 7.95. The van der Waals surface area contributed by atoms with Crippen molar-refractivity contribution in [2.24, 2.45) is 0 Å². The Morgan fingerprint density at radius 2 is 2.03 bits per heavy atom. The molecule has 188 valence electrons. The van der Waals surface area contributed by atoms with Crippen molar-refractivity contribution in [3.05, 3.63) is 54.5 Å². The number of esters is 1. The molecule has 0 radical (unpaired) electrons. The van der Waals surface area contributed by atoms with E-state index in [1.54, 1.807) is 43.3 Å². The smallest absolute Gasteiger partial charge is 0.323 e. The van der Waals surface area contributed by atoms with Gasteiger partial charge in [0.1, 0.15) is 48.1 Å². The van der Waals surface area contributed by atoms with Crippen molar-refractivity contribution >= 4 is 35.8 Å². The molecule has 1 aromatic carbocycles. The van der Waals surface area contributed by atoms with Crippen molar-refractivity contribution in [1.82, 2.24) is 19.7 Å². The Balaban J connectivity index is 1.51. The molecule has 3 heterocycles. The number of hydrogen-bond donors (Lipinski definition) is 4. The minimum atomic E-state index is -3.32. The zero-order valence-corrected chi connectivity index (χ0v) is 20.6. The van der Waals surface area contributed by atoms with Crippen LogP contribution in [0.3, 0.4) is 0 Å². The summed E-state index contributed by atoms with van der Waals surface area (Å²) in [5, 5.41) is 28.4. The average molecular weight is 524 g/mol. The van der Waals surface area contributed by atoms with Crippen molar-refractivity contribution in [3.8, 4) is 5.75 Å². The Labute approximate surface area is 206 Å². The SMILES string of the molecule is COC(=O)[C@H](C)NP(=S)(OC[C@H]1O[C@@H](c2ccc3c(N)ncnn23)[C@H](O)[C@@H]1O)Oc1ccccc1. The average Bonchev–Trinajstić information content (AvgIpc) is 3.39. The van der Waals surface area contributed by atoms with Gasteiger partial charge in [-0.2, -0.15) is 5.10 Å². The molecule has 0 spiro atoms. The summed E-state index contributed by atoms with van der Waals surface area (Å²) < 4.78 is 24.0. The van der Waals surface area contributed by atoms with Crippen LogP contribution in [-0.2, 0) is 30.6 Å². The first-order valence-corrected chi connectivity index (χ1v) is 13.3. The molecule has 12 nitrogen and oxygen atoms in total. The maximum absolute atomic E-state index is 12.0. The summed E-state index contributed by atoms with van der Waals surface area (Å²) in [6.07, 6.45) is -3.13. The van der Waals surface area contributed by atoms with Gasteiger partial charge in [-0.25, -0.2) is 14.6 Å². The lowest BCUT2D eigenvalue weighted by Gasteiger charge is -2.27. The van der Waals surface area contributed by atoms with Crippen molar-refractivity contribution in [2.75, 3.05) is 19.5 Å². The van der Waals surface area contributed by atoms with Gasteiger partial charge in [0.05, 0.1) is 19.4 Å². The van der Waals surface area contributed by atoms with Gasteiger partial charge in [0.25, 0.3) is 0 Å². The number of fused-ring (bicyclic) bond motifs is 1. The van der Waals surface area contributed by atoms with E-state index < -0.39 is 43.1 Å². The fourth-order valence-corrected chi connectivity index (χ4v) is 6.08. The number of carbonyl (C=O) groups excluding carboxylic acids is 1. The fourth-order valence-electron chi connectivity index (χ4n) is 3.67. The van der Waals surface area contributed by atoms with E-state index in [0.29, 0.717) is 17.0 Å². The molecule has 2 aromatic heterocycles. The van der Waals surface area contributed by atoms with Crippen molar-refractivity contribution in [1.29, 1.82) is 0 Å². The second-order valence-corrected chi connectivity index (χ2v) is 11.0. The van der Waals surface area contributed by atoms with Crippen LogP contribution in [0, 0.1) is 0 Å². The number of ether oxygens (including phenoxy) is 2. The minimum absolute atomic E-state index is 0.222. The fraction of sp³-hybridized carbons (Fsp3) is 0.381. The first-order chi connectivity index (χ1) is 16.7. The van der Waals surface area contributed by atoms with Gasteiger partial charge in [0.2, 0.25) is 0 Å². The highest BCUT2D eigenvalue weighted by Gasteiger charge is 2.45. The van der Waals surface area contributed by atoms with Crippen LogP contribution in [-0.4, -0.2) is 68.9 Å². The molecule has 5 N–H and O–H groups in total. The number of hydrogen-bond acceptors (Lipinski definition) is 11. The standard InChI is InChI=1S/C21H26N5O7PS/c1-12(21(29)30-2)25-34(35,33-13-6-4-3-5-7-13)31-10-16-17(27)18(28)19(32-16)14-8-9-15-20(22)23-11-24-26(14)15/h3-9,11-12,16-19,27-28H,10H2,1-2H3,(H,25,35)(H2,22,23,24)/t12-,16+,17+,18+,19-,34?/m0/s1. The predicted molar refractivity (Wildman–Crippen MR) is 129 cm³/mol. The molecule has 4 rings (SSSR count). The maximum Gasteiger partial charge on any atom is 0.323 e. The molecule has 1 fully saturated rings. The summed E-state index contributed by atoms with van der Waals surface area (Å²) in [6.45, 7) is -1.98. The molecule has 1 unspecified atom stereocenters. The van der Waals surface area contributed by atoms with Crippen LogP contribution < -0.4 is 15.3 Å². The van der Waals surface area contributed by atoms with E-state index in [1.807, 2.05) is 6.07 Å². The number of nitrogens with one attached hydrogen (secondary N) is 1. The monoisotopic (exact) mass is 523 g/mol. The maximum atomic E-state index is 12.0. The second-order valence-electron chi connectivity index (χ2n) is 7.85. The molecule has 3 aromatic rings. The number of nitrogens with zero attached hydrogens (tertiary/aromatic N) is 3. The number of anilines is 1. The molecule has 0 bridgehead atoms. The molecule has 0 aliphatic carbocycles. The van der Waals surface area contributed by atoms with Crippen LogP contribution in [0.4, 0.5) is 5.82 Å². The topological polar surface area (TPSA) is 163 Å². The summed E-state index contributed by atoms with van der Waals surface area (Å²) in [7, 11) is 1.26. The van der Waals surface area contributed by atoms with Crippen molar-refractivity contribution in [2.45, 2.75) is 37.4 Å². The summed E-state index contributed by atoms with van der Waals surface area (Å²) in [5.74, 6) is 0.153. The largest absolute Gasteiger partial charge is 0.468 e. The third kappa shape index (κ3) is 5.46. The Hall–Kier alpha value is -2.64. The van der Waals surface area contributed by atoms with E-state index in [0.717, 1.165) is 0 Å². The Morgan fingerprint density at radius 1 is 1.29 bits per heavy atom. The van der Waals surface area contributed by atoms with E-state index in [4.69, 9.17) is 36.1 Å². The summed E-state index contributed by atoms with van der Waals surface area (Å²) in [6, 6.07) is 11.3. The Bertz CT molecular complexity index is 1230. The van der Waals surface area contributed by atoms with E-state index in [1.165, 1.54) is 18.0 Å². The van der Waals surface area contributed by atoms with Gasteiger partial charge in [-0.3, -0.25) is 4.79 Å². The number of rotatable bonds is 9. The van der Waals surface area contributed by atoms with Gasteiger partial charge in [-0.05, 0) is 43.0 Å². The molecule has 6 atom stereocenters. The summed E-state index contributed by atoms with van der Waals surface area (Å²) in [4.78, 5) is 15.9. The molecule has 1 aliphatic heterocycles. The lowest BCUT2D eigenvalue weighted by atomic mass is 10.1. The Kier molecular flexibility index (Phi) is 7.67. The number of aliphatic hydroxyl groups excluding tert-OH is 2. The number of carbonyl (C=O) groups is 1. The van der Waals surface area contributed by atoms with Crippen molar-refractivity contribution in [3.63, 3.8) is 0 Å². The van der Waals surface area contributed by atoms with Crippen LogP contribution in [0.15, 0.2) is 48.8 Å². The van der Waals surface area contributed by atoms with Gasteiger partial charge in [0.15, 0.2) is 5.82 Å². The van der Waals surface area contributed by atoms with E-state index >= 15 is 0 Å². The van der Waals surface area contributed by atoms with Gasteiger partial charge in [-0.15, -0.1) is 0 Å². The third-order valence-electron chi connectivity index (χ3n) is 5.45. The summed E-state index contributed by atoms with van der Waals surface area (Å²) >= 11 is 5.63. The first-order valence-electron chi connectivity index (χ1n) is 10.7. The van der Waals surface area contributed by atoms with Gasteiger partial charge in [-0.1, -0.05) is 18.2 Å². The number of benzene rings is 1. The van der Waals surface area contributed by atoms with Crippen LogP contribution in [0.25, 0.3) is 5.52 Å². The lowest BCUT2D eigenvalue weighted by molar-refractivity contribution is -0.142. The number of para-hydroxylation sites is 1. The molecule has 14 heteroatoms. The summed E-state index contributed by atoms with van der Waals surface area (Å²) in [5.41, 5.74) is 6.91. The van der Waals surface area contributed by atoms with Gasteiger partial charge < -0.3 is 34.5 Å². The number of nitrogens with two attached hydrogens (primary N) is 1. The molecule has 35 heavy (non-hydrogen) atoms. The second kappa shape index (κ2) is 10.5. The van der Waals surface area contributed by atoms with E-state index in [-0.39, 0.29) is 12.4 Å². The van der Waals surface area contributed by atoms with Gasteiger partial charge >= 0.3 is 12.6 Å². The van der Waals surface area contributed by atoms with E-state index in [2.05, 4.69) is 15.2 Å². The molecule has 1 saturated heterocycles. The molecule has 0 amide bonds. The lowest BCUT2D eigenvalue weighted by Crippen LogP contribution is -2.37. The molecular formula is C21H26N5O7PS. The highest BCUT2D eigenvalue weighted by atomic mass is 32.5. The van der Waals surface area contributed by atoms with Crippen LogP contribution in [0.5, 0.6) is 5.75 Å². The highest BCUT2D eigenvalue weighted by molar-refractivity contribution is 8.09. The van der Waals surface area contributed by atoms with Crippen LogP contribution >= 0.6 is 6.64 Å². The highest BCUT2D eigenvalue weighted by Crippen LogP contribution is 2.46. The number of nitrogen functional groups attached to an aromatic ring is 1. The van der Waals surface area contributed by atoms with Crippen molar-refractivity contribution < 1.29 is 33.5 Å². The number of methoxy groups -OCH3 is 1. The quantitative estimate of drug-likeness (QED) is 0.232. The zero-order chi connectivity index (χ0) is 25.2. The number of aliphatic hydroxyl groups is 2. The van der Waals surface area contributed by atoms with Gasteiger partial charge in [0, 0.05) is 0 Å².